The minimum Gasteiger partial charge on any atom is -0.497 e. The second-order valence-electron chi connectivity index (χ2n) is 3.31. The lowest BCUT2D eigenvalue weighted by Crippen LogP contribution is -2.30. The molecule has 0 heterocycles. The summed E-state index contributed by atoms with van der Waals surface area (Å²) in [6.45, 7) is 0. The van der Waals surface area contributed by atoms with Gasteiger partial charge in [-0.1, -0.05) is 24.3 Å². The molecule has 0 amide bonds. The molecule has 0 bridgehead atoms. The predicted molar refractivity (Wildman–Crippen MR) is 60.3 cm³/mol. The van der Waals surface area contributed by atoms with Crippen molar-refractivity contribution in [1.29, 1.82) is 0 Å². The highest BCUT2D eigenvalue weighted by molar-refractivity contribution is 6.62. The standard InChI is InChI=1S/C11H11BO3/c1-15-9-6-8-4-2-3-5-10(8)11(7-9)12(13)14/h2-7,13-14H,1H3. The summed E-state index contributed by atoms with van der Waals surface area (Å²) < 4.78 is 5.09. The predicted octanol–water partition coefficient (Wildman–Crippen LogP) is 0.528. The van der Waals surface area contributed by atoms with Gasteiger partial charge in [0.15, 0.2) is 0 Å². The van der Waals surface area contributed by atoms with E-state index in [9.17, 15) is 10.0 Å². The average molecular weight is 202 g/mol. The van der Waals surface area contributed by atoms with Crippen LogP contribution in [-0.4, -0.2) is 24.3 Å². The first-order chi connectivity index (χ1) is 7.22. The summed E-state index contributed by atoms with van der Waals surface area (Å²) in [5, 5.41) is 20.2. The van der Waals surface area contributed by atoms with E-state index >= 15 is 0 Å². The number of hydrogen-bond acceptors (Lipinski definition) is 3. The highest BCUT2D eigenvalue weighted by Crippen LogP contribution is 2.18. The number of benzene rings is 2. The fourth-order valence-corrected chi connectivity index (χ4v) is 1.64. The van der Waals surface area contributed by atoms with Gasteiger partial charge in [0.05, 0.1) is 7.11 Å². The van der Waals surface area contributed by atoms with Gasteiger partial charge in [0.1, 0.15) is 5.75 Å². The van der Waals surface area contributed by atoms with Crippen LogP contribution in [0.1, 0.15) is 0 Å². The van der Waals surface area contributed by atoms with E-state index in [2.05, 4.69) is 0 Å². The number of methoxy groups -OCH3 is 1. The van der Waals surface area contributed by atoms with Crippen molar-refractivity contribution in [2.45, 2.75) is 0 Å². The molecule has 0 aliphatic rings. The highest BCUT2D eigenvalue weighted by atomic mass is 16.5. The molecule has 0 aliphatic carbocycles. The van der Waals surface area contributed by atoms with Crippen LogP contribution >= 0.6 is 0 Å². The smallest absolute Gasteiger partial charge is 0.489 e. The molecule has 0 radical (unpaired) electrons. The highest BCUT2D eigenvalue weighted by Gasteiger charge is 2.15. The Morgan fingerprint density at radius 2 is 1.87 bits per heavy atom. The fraction of sp³-hybridized carbons (Fsp3) is 0.0909. The quantitative estimate of drug-likeness (QED) is 0.698. The molecule has 2 N–H and O–H groups in total. The Bertz CT molecular complexity index is 482. The summed E-state index contributed by atoms with van der Waals surface area (Å²) in [5.41, 5.74) is 0.463. The Morgan fingerprint density at radius 1 is 1.13 bits per heavy atom. The Hall–Kier alpha value is -1.52. The molecule has 0 saturated carbocycles. The van der Waals surface area contributed by atoms with Crippen molar-refractivity contribution < 1.29 is 14.8 Å². The van der Waals surface area contributed by atoms with Gasteiger partial charge in [-0.15, -0.1) is 0 Å². The normalized spacial score (nSPS) is 10.3. The van der Waals surface area contributed by atoms with Gasteiger partial charge >= 0.3 is 7.12 Å². The van der Waals surface area contributed by atoms with Crippen molar-refractivity contribution in [3.05, 3.63) is 36.4 Å². The van der Waals surface area contributed by atoms with Crippen LogP contribution in [0.15, 0.2) is 36.4 Å². The zero-order valence-electron chi connectivity index (χ0n) is 8.34. The van der Waals surface area contributed by atoms with Gasteiger partial charge in [-0.2, -0.15) is 0 Å². The minimum atomic E-state index is -1.48. The van der Waals surface area contributed by atoms with Crippen molar-refractivity contribution in [3.8, 4) is 5.75 Å². The molecule has 3 nitrogen and oxygen atoms in total. The first kappa shape index (κ1) is 10.0. The van der Waals surface area contributed by atoms with E-state index in [0.717, 1.165) is 10.8 Å². The van der Waals surface area contributed by atoms with Crippen molar-refractivity contribution >= 4 is 23.4 Å². The molecule has 76 valence electrons. The molecule has 0 saturated heterocycles. The van der Waals surface area contributed by atoms with Crippen LogP contribution in [-0.2, 0) is 0 Å². The first-order valence-electron chi connectivity index (χ1n) is 4.65. The van der Waals surface area contributed by atoms with Crippen LogP contribution in [0.2, 0.25) is 0 Å². The number of fused-ring (bicyclic) bond motifs is 1. The van der Waals surface area contributed by atoms with E-state index in [1.165, 1.54) is 0 Å². The molecule has 2 aromatic carbocycles. The molecule has 0 atom stereocenters. The average Bonchev–Trinajstić information content (AvgIpc) is 2.27. The van der Waals surface area contributed by atoms with E-state index in [1.54, 1.807) is 13.2 Å². The van der Waals surface area contributed by atoms with Crippen molar-refractivity contribution in [2.75, 3.05) is 7.11 Å². The second-order valence-corrected chi connectivity index (χ2v) is 3.31. The largest absolute Gasteiger partial charge is 0.497 e. The lowest BCUT2D eigenvalue weighted by molar-refractivity contribution is 0.413. The molecule has 0 aliphatic heterocycles. The van der Waals surface area contributed by atoms with E-state index in [1.807, 2.05) is 30.3 Å². The first-order valence-corrected chi connectivity index (χ1v) is 4.65. The third-order valence-corrected chi connectivity index (χ3v) is 2.38. The molecular weight excluding hydrogens is 191 g/mol. The summed E-state index contributed by atoms with van der Waals surface area (Å²) in [4.78, 5) is 0. The third-order valence-electron chi connectivity index (χ3n) is 2.38. The second kappa shape index (κ2) is 3.92. The molecule has 0 fully saturated rings. The molecule has 15 heavy (non-hydrogen) atoms. The third kappa shape index (κ3) is 1.82. The Morgan fingerprint density at radius 3 is 2.53 bits per heavy atom. The maximum absolute atomic E-state index is 9.24. The van der Waals surface area contributed by atoms with Crippen molar-refractivity contribution in [3.63, 3.8) is 0 Å². The lowest BCUT2D eigenvalue weighted by Gasteiger charge is -2.08. The van der Waals surface area contributed by atoms with Gasteiger partial charge in [0.25, 0.3) is 0 Å². The molecule has 0 aromatic heterocycles. The zero-order chi connectivity index (χ0) is 10.8. The molecule has 0 spiro atoms. The topological polar surface area (TPSA) is 49.7 Å². The van der Waals surface area contributed by atoms with Crippen LogP contribution in [0.3, 0.4) is 0 Å². The monoisotopic (exact) mass is 202 g/mol. The van der Waals surface area contributed by atoms with E-state index < -0.39 is 7.12 Å². The van der Waals surface area contributed by atoms with E-state index in [0.29, 0.717) is 11.2 Å². The van der Waals surface area contributed by atoms with Crippen LogP contribution < -0.4 is 10.2 Å². The Labute approximate surface area is 88.1 Å². The van der Waals surface area contributed by atoms with Gasteiger partial charge in [0, 0.05) is 0 Å². The molecule has 4 heteroatoms. The van der Waals surface area contributed by atoms with Gasteiger partial charge in [-0.05, 0) is 28.4 Å². The molecule has 2 rings (SSSR count). The molecular formula is C11H11BO3. The summed E-state index contributed by atoms with van der Waals surface area (Å²) in [6, 6.07) is 11.0. The molecule has 2 aromatic rings. The zero-order valence-corrected chi connectivity index (χ0v) is 8.34. The van der Waals surface area contributed by atoms with Gasteiger partial charge in [-0.3, -0.25) is 0 Å². The Kier molecular flexibility index (Phi) is 2.62. The van der Waals surface area contributed by atoms with Crippen molar-refractivity contribution in [2.24, 2.45) is 0 Å². The van der Waals surface area contributed by atoms with Crippen LogP contribution in [0.4, 0.5) is 0 Å². The summed E-state index contributed by atoms with van der Waals surface area (Å²) in [5.74, 6) is 0.622. The van der Waals surface area contributed by atoms with Gasteiger partial charge in [0.2, 0.25) is 0 Å². The van der Waals surface area contributed by atoms with Crippen LogP contribution in [0.25, 0.3) is 10.8 Å². The lowest BCUT2D eigenvalue weighted by atomic mass is 9.77. The van der Waals surface area contributed by atoms with Gasteiger partial charge < -0.3 is 14.8 Å². The fourth-order valence-electron chi connectivity index (χ4n) is 1.64. The SMILES string of the molecule is COc1cc(B(O)O)c2ccccc2c1. The van der Waals surface area contributed by atoms with Crippen molar-refractivity contribution in [1.82, 2.24) is 0 Å². The number of hydrogen-bond donors (Lipinski definition) is 2. The van der Waals surface area contributed by atoms with E-state index in [-0.39, 0.29) is 0 Å². The summed E-state index contributed by atoms with van der Waals surface area (Å²) >= 11 is 0. The summed E-state index contributed by atoms with van der Waals surface area (Å²) in [6.07, 6.45) is 0. The maximum Gasteiger partial charge on any atom is 0.489 e. The maximum atomic E-state index is 9.24. The van der Waals surface area contributed by atoms with E-state index in [4.69, 9.17) is 4.74 Å². The summed E-state index contributed by atoms with van der Waals surface area (Å²) in [7, 11) is 0.0717. The molecule has 0 unspecified atom stereocenters. The number of ether oxygens (including phenoxy) is 1. The van der Waals surface area contributed by atoms with Crippen LogP contribution in [0.5, 0.6) is 5.75 Å². The van der Waals surface area contributed by atoms with Gasteiger partial charge in [-0.25, -0.2) is 0 Å². The van der Waals surface area contributed by atoms with Crippen LogP contribution in [0, 0.1) is 0 Å². The number of rotatable bonds is 2. The Balaban J connectivity index is 2.74. The minimum absolute atomic E-state index is 0.463.